The van der Waals surface area contributed by atoms with Gasteiger partial charge in [0.25, 0.3) is 0 Å². The number of carboxylic acids is 1. The Balaban J connectivity index is 2.22. The molecule has 2 rings (SSSR count). The minimum absolute atomic E-state index is 0.0843. The zero-order valence-corrected chi connectivity index (χ0v) is 11.5. The third-order valence-electron chi connectivity index (χ3n) is 2.58. The average Bonchev–Trinajstić information content (AvgIpc) is 2.85. The minimum Gasteiger partial charge on any atom is -0.476 e. The van der Waals surface area contributed by atoms with Gasteiger partial charge in [0, 0.05) is 5.41 Å². The molecule has 2 heterocycles. The van der Waals surface area contributed by atoms with Gasteiger partial charge < -0.3 is 9.52 Å². The summed E-state index contributed by atoms with van der Waals surface area (Å²) >= 11 is 0. The predicted molar refractivity (Wildman–Crippen MR) is 73.1 cm³/mol. The summed E-state index contributed by atoms with van der Waals surface area (Å²) in [5.74, 6) is -0.316. The minimum atomic E-state index is -1.10. The van der Waals surface area contributed by atoms with E-state index in [4.69, 9.17) is 9.52 Å². The Morgan fingerprint density at radius 1 is 1.20 bits per heavy atom. The second kappa shape index (κ2) is 5.24. The monoisotopic (exact) mass is 273 g/mol. The van der Waals surface area contributed by atoms with Crippen molar-refractivity contribution in [3.63, 3.8) is 0 Å². The first-order chi connectivity index (χ1) is 9.38. The summed E-state index contributed by atoms with van der Waals surface area (Å²) in [6, 6.07) is 0. The fourth-order valence-electron chi connectivity index (χ4n) is 1.63. The average molecular weight is 273 g/mol. The third-order valence-corrected chi connectivity index (χ3v) is 2.58. The predicted octanol–water partition coefficient (Wildman–Crippen LogP) is 2.63. The number of oxazole rings is 1. The van der Waals surface area contributed by atoms with Gasteiger partial charge in [-0.3, -0.25) is 4.98 Å². The van der Waals surface area contributed by atoms with E-state index in [0.29, 0.717) is 5.69 Å². The lowest BCUT2D eigenvalue weighted by Crippen LogP contribution is -2.11. The lowest BCUT2D eigenvalue weighted by atomic mass is 9.92. The van der Waals surface area contributed by atoms with E-state index in [1.807, 2.05) is 20.8 Å². The first-order valence-electron chi connectivity index (χ1n) is 6.05. The maximum atomic E-state index is 10.7. The molecule has 0 radical (unpaired) electrons. The van der Waals surface area contributed by atoms with Crippen molar-refractivity contribution in [2.75, 3.05) is 0 Å². The van der Waals surface area contributed by atoms with Crippen LogP contribution in [0.1, 0.15) is 48.4 Å². The van der Waals surface area contributed by atoms with Gasteiger partial charge in [-0.15, -0.1) is 0 Å². The molecule has 0 spiro atoms. The van der Waals surface area contributed by atoms with Gasteiger partial charge in [-0.05, 0) is 12.2 Å². The van der Waals surface area contributed by atoms with Crippen molar-refractivity contribution >= 4 is 18.1 Å². The van der Waals surface area contributed by atoms with Gasteiger partial charge in [-0.2, -0.15) is 0 Å². The van der Waals surface area contributed by atoms with Crippen molar-refractivity contribution in [2.24, 2.45) is 0 Å². The highest BCUT2D eigenvalue weighted by Crippen LogP contribution is 2.26. The number of aromatic carboxylic acids is 1. The fraction of sp³-hybridized carbons (Fsp3) is 0.286. The van der Waals surface area contributed by atoms with E-state index in [9.17, 15) is 4.79 Å². The lowest BCUT2D eigenvalue weighted by Gasteiger charge is -2.14. The zero-order chi connectivity index (χ0) is 14.8. The van der Waals surface area contributed by atoms with Crippen molar-refractivity contribution in [3.05, 3.63) is 41.6 Å². The van der Waals surface area contributed by atoms with Gasteiger partial charge in [0.15, 0.2) is 12.1 Å². The van der Waals surface area contributed by atoms with E-state index in [2.05, 4.69) is 15.0 Å². The SMILES string of the molecule is CC(C)(C)c1ocnc1/C=C/c1cnc(C(=O)O)cn1. The van der Waals surface area contributed by atoms with E-state index < -0.39 is 5.97 Å². The van der Waals surface area contributed by atoms with Crippen LogP contribution >= 0.6 is 0 Å². The van der Waals surface area contributed by atoms with Gasteiger partial charge in [0.2, 0.25) is 0 Å². The second-order valence-corrected chi connectivity index (χ2v) is 5.28. The highest BCUT2D eigenvalue weighted by Gasteiger charge is 2.21. The number of hydrogen-bond acceptors (Lipinski definition) is 5. The second-order valence-electron chi connectivity index (χ2n) is 5.28. The molecular formula is C14H15N3O3. The number of nitrogens with zero attached hydrogens (tertiary/aromatic N) is 3. The number of carboxylic acid groups (broad SMARTS) is 1. The molecule has 0 amide bonds. The molecule has 0 aliphatic rings. The molecule has 0 bridgehead atoms. The van der Waals surface area contributed by atoms with E-state index in [1.54, 1.807) is 12.2 Å². The van der Waals surface area contributed by atoms with Crippen LogP contribution in [-0.4, -0.2) is 26.0 Å². The van der Waals surface area contributed by atoms with Crippen LogP contribution < -0.4 is 0 Å². The molecule has 6 heteroatoms. The van der Waals surface area contributed by atoms with Gasteiger partial charge in [0.05, 0.1) is 18.1 Å². The maximum absolute atomic E-state index is 10.7. The zero-order valence-electron chi connectivity index (χ0n) is 11.5. The molecule has 1 N–H and O–H groups in total. The van der Waals surface area contributed by atoms with Crippen molar-refractivity contribution in [1.82, 2.24) is 15.0 Å². The molecule has 2 aromatic rings. The summed E-state index contributed by atoms with van der Waals surface area (Å²) in [5, 5.41) is 8.74. The maximum Gasteiger partial charge on any atom is 0.356 e. The highest BCUT2D eigenvalue weighted by atomic mass is 16.4. The molecule has 0 atom stereocenters. The Hall–Kier alpha value is -2.50. The number of carbonyl (C=O) groups is 1. The first kappa shape index (κ1) is 13.9. The standard InChI is InChI=1S/C14H15N3O3/c1-14(2,3)12-10(17-8-20-12)5-4-9-6-16-11(7-15-9)13(18)19/h4-8H,1-3H3,(H,18,19)/b5-4+. The molecule has 6 nitrogen and oxygen atoms in total. The van der Waals surface area contributed by atoms with E-state index in [0.717, 1.165) is 11.5 Å². The molecule has 20 heavy (non-hydrogen) atoms. The molecular weight excluding hydrogens is 258 g/mol. The Morgan fingerprint density at radius 3 is 2.50 bits per heavy atom. The van der Waals surface area contributed by atoms with Crippen LogP contribution in [0.15, 0.2) is 23.2 Å². The summed E-state index contributed by atoms with van der Waals surface area (Å²) in [4.78, 5) is 22.6. The van der Waals surface area contributed by atoms with Crippen molar-refractivity contribution < 1.29 is 14.3 Å². The molecule has 0 unspecified atom stereocenters. The van der Waals surface area contributed by atoms with Crippen molar-refractivity contribution in [3.8, 4) is 0 Å². The summed E-state index contributed by atoms with van der Waals surface area (Å²) in [6.07, 6.45) is 7.51. The summed E-state index contributed by atoms with van der Waals surface area (Å²) in [7, 11) is 0. The number of rotatable bonds is 3. The molecule has 0 fully saturated rings. The normalized spacial score (nSPS) is 11.9. The molecule has 104 valence electrons. The van der Waals surface area contributed by atoms with Crippen molar-refractivity contribution in [2.45, 2.75) is 26.2 Å². The van der Waals surface area contributed by atoms with Crippen LogP contribution in [0.2, 0.25) is 0 Å². The van der Waals surface area contributed by atoms with Gasteiger partial charge in [0.1, 0.15) is 11.5 Å². The Labute approximate surface area is 116 Å². The molecule has 0 saturated carbocycles. The number of hydrogen-bond donors (Lipinski definition) is 1. The third kappa shape index (κ3) is 3.09. The Bertz CT molecular complexity index is 636. The molecule has 0 aliphatic carbocycles. The van der Waals surface area contributed by atoms with Crippen LogP contribution in [0.5, 0.6) is 0 Å². The van der Waals surface area contributed by atoms with Crippen LogP contribution in [0, 0.1) is 0 Å². The quantitative estimate of drug-likeness (QED) is 0.924. The fourth-order valence-corrected chi connectivity index (χ4v) is 1.63. The van der Waals surface area contributed by atoms with Gasteiger partial charge >= 0.3 is 5.97 Å². The summed E-state index contributed by atoms with van der Waals surface area (Å²) in [5.41, 5.74) is 1.05. The smallest absolute Gasteiger partial charge is 0.356 e. The highest BCUT2D eigenvalue weighted by molar-refractivity contribution is 5.84. The van der Waals surface area contributed by atoms with Crippen LogP contribution in [0.4, 0.5) is 0 Å². The molecule has 0 aromatic carbocycles. The van der Waals surface area contributed by atoms with E-state index in [-0.39, 0.29) is 11.1 Å². The van der Waals surface area contributed by atoms with Crippen LogP contribution in [0.3, 0.4) is 0 Å². The van der Waals surface area contributed by atoms with Gasteiger partial charge in [-0.25, -0.2) is 14.8 Å². The first-order valence-corrected chi connectivity index (χ1v) is 6.05. The lowest BCUT2D eigenvalue weighted by molar-refractivity contribution is 0.0690. The summed E-state index contributed by atoms with van der Waals surface area (Å²) < 4.78 is 5.39. The van der Waals surface area contributed by atoms with Crippen LogP contribution in [0.25, 0.3) is 12.2 Å². The molecule has 0 saturated heterocycles. The largest absolute Gasteiger partial charge is 0.476 e. The van der Waals surface area contributed by atoms with Crippen LogP contribution in [-0.2, 0) is 5.41 Å². The van der Waals surface area contributed by atoms with Crippen molar-refractivity contribution in [1.29, 1.82) is 0 Å². The van der Waals surface area contributed by atoms with E-state index in [1.165, 1.54) is 18.8 Å². The van der Waals surface area contributed by atoms with Gasteiger partial charge in [-0.1, -0.05) is 20.8 Å². The summed E-state index contributed by atoms with van der Waals surface area (Å²) in [6.45, 7) is 6.10. The Kier molecular flexibility index (Phi) is 3.65. The number of aromatic nitrogens is 3. The van der Waals surface area contributed by atoms with E-state index >= 15 is 0 Å². The molecule has 0 aliphatic heterocycles. The molecule has 2 aromatic heterocycles. The Morgan fingerprint density at radius 2 is 1.95 bits per heavy atom. The topological polar surface area (TPSA) is 89.1 Å².